The number of fused-ring (bicyclic) bond motifs is 1. The Morgan fingerprint density at radius 2 is 1.65 bits per heavy atom. The molecule has 3 N–H and O–H groups in total. The van der Waals surface area contributed by atoms with Gasteiger partial charge in [-0.15, -0.1) is 0 Å². The van der Waals surface area contributed by atoms with Crippen LogP contribution in [0.1, 0.15) is 12.5 Å². The van der Waals surface area contributed by atoms with Crippen molar-refractivity contribution < 1.29 is 13.9 Å². The van der Waals surface area contributed by atoms with Gasteiger partial charge in [0.25, 0.3) is 5.91 Å². The van der Waals surface area contributed by atoms with Crippen LogP contribution in [0.2, 0.25) is 0 Å². The molecule has 0 bridgehead atoms. The lowest BCUT2D eigenvalue weighted by molar-refractivity contribution is -0.127. The minimum atomic E-state index is -0.754. The summed E-state index contributed by atoms with van der Waals surface area (Å²) in [6.45, 7) is 3.49. The van der Waals surface area contributed by atoms with Crippen molar-refractivity contribution in [3.8, 4) is 16.9 Å². The second-order valence-electron chi connectivity index (χ2n) is 7.68. The van der Waals surface area contributed by atoms with Crippen LogP contribution in [-0.2, 0) is 4.79 Å². The molecule has 3 aromatic carbocycles. The molecule has 1 atom stereocenters. The van der Waals surface area contributed by atoms with Crippen LogP contribution >= 0.6 is 12.2 Å². The normalized spacial score (nSPS) is 11.5. The van der Waals surface area contributed by atoms with E-state index in [4.69, 9.17) is 21.4 Å². The SMILES string of the molecule is Cc1cc(=O)oc2cc(NC(=S)NNC(=O)[C@H](C)Oc3ccc(-c4ccccc4)cc3)ccc12. The van der Waals surface area contributed by atoms with Gasteiger partial charge in [0.2, 0.25) is 0 Å². The highest BCUT2D eigenvalue weighted by Gasteiger charge is 2.15. The number of hydrogen-bond acceptors (Lipinski definition) is 5. The summed E-state index contributed by atoms with van der Waals surface area (Å²) in [5.74, 6) is 0.187. The number of rotatable bonds is 5. The molecule has 0 saturated heterocycles. The van der Waals surface area contributed by atoms with Gasteiger partial charge in [0.1, 0.15) is 11.3 Å². The molecule has 0 aliphatic rings. The Morgan fingerprint density at radius 3 is 2.38 bits per heavy atom. The number of carbonyl (C=O) groups excluding carboxylic acids is 1. The van der Waals surface area contributed by atoms with Gasteiger partial charge in [-0.1, -0.05) is 42.5 Å². The van der Waals surface area contributed by atoms with Crippen molar-refractivity contribution in [2.45, 2.75) is 20.0 Å². The molecule has 0 aliphatic heterocycles. The molecule has 0 unspecified atom stereocenters. The molecule has 0 spiro atoms. The number of hydrogen-bond donors (Lipinski definition) is 3. The fourth-order valence-electron chi connectivity index (χ4n) is 3.40. The predicted molar refractivity (Wildman–Crippen MR) is 137 cm³/mol. The summed E-state index contributed by atoms with van der Waals surface area (Å²) in [5, 5.41) is 3.94. The van der Waals surface area contributed by atoms with Crippen molar-refractivity contribution in [2.24, 2.45) is 0 Å². The molecular formula is C26H23N3O4S. The van der Waals surface area contributed by atoms with E-state index in [1.807, 2.05) is 67.6 Å². The molecule has 34 heavy (non-hydrogen) atoms. The minimum absolute atomic E-state index is 0.169. The molecule has 7 nitrogen and oxygen atoms in total. The van der Waals surface area contributed by atoms with E-state index >= 15 is 0 Å². The number of nitrogens with one attached hydrogen (secondary N) is 3. The molecule has 1 heterocycles. The van der Waals surface area contributed by atoms with Crippen LogP contribution in [-0.4, -0.2) is 17.1 Å². The third-order valence-corrected chi connectivity index (χ3v) is 5.36. The van der Waals surface area contributed by atoms with Crippen molar-refractivity contribution in [1.29, 1.82) is 0 Å². The molecule has 4 rings (SSSR count). The van der Waals surface area contributed by atoms with Crippen molar-refractivity contribution in [1.82, 2.24) is 10.9 Å². The lowest BCUT2D eigenvalue weighted by atomic mass is 10.1. The summed E-state index contributed by atoms with van der Waals surface area (Å²) in [4.78, 5) is 24.0. The highest BCUT2D eigenvalue weighted by Crippen LogP contribution is 2.23. The second-order valence-corrected chi connectivity index (χ2v) is 8.09. The van der Waals surface area contributed by atoms with Crippen molar-refractivity contribution >= 4 is 39.9 Å². The van der Waals surface area contributed by atoms with Crippen LogP contribution < -0.4 is 26.5 Å². The fraction of sp³-hybridized carbons (Fsp3) is 0.115. The summed E-state index contributed by atoms with van der Waals surface area (Å²) in [7, 11) is 0. The number of amides is 1. The largest absolute Gasteiger partial charge is 0.481 e. The second kappa shape index (κ2) is 10.2. The van der Waals surface area contributed by atoms with Crippen molar-refractivity contribution in [3.05, 3.63) is 94.8 Å². The average Bonchev–Trinajstić information content (AvgIpc) is 2.83. The zero-order valence-corrected chi connectivity index (χ0v) is 19.4. The molecule has 172 valence electrons. The van der Waals surface area contributed by atoms with Gasteiger partial charge in [-0.2, -0.15) is 0 Å². The Balaban J connectivity index is 1.29. The Bertz CT molecular complexity index is 1390. The van der Waals surface area contributed by atoms with Crippen LogP contribution in [0.5, 0.6) is 5.75 Å². The first-order valence-electron chi connectivity index (χ1n) is 10.6. The molecule has 8 heteroatoms. The number of aryl methyl sites for hydroxylation is 1. The highest BCUT2D eigenvalue weighted by molar-refractivity contribution is 7.80. The topological polar surface area (TPSA) is 92.6 Å². The maximum atomic E-state index is 12.4. The van der Waals surface area contributed by atoms with E-state index in [1.54, 1.807) is 19.1 Å². The quantitative estimate of drug-likeness (QED) is 0.222. The van der Waals surface area contributed by atoms with Gasteiger partial charge >= 0.3 is 5.63 Å². The number of benzene rings is 3. The van der Waals surface area contributed by atoms with E-state index in [1.165, 1.54) is 6.07 Å². The smallest absolute Gasteiger partial charge is 0.336 e. The maximum absolute atomic E-state index is 12.4. The van der Waals surface area contributed by atoms with Gasteiger partial charge in [-0.05, 0) is 67.0 Å². The van der Waals surface area contributed by atoms with Crippen molar-refractivity contribution in [2.75, 3.05) is 5.32 Å². The standard InChI is InChI=1S/C26H23N3O4S/c1-16-14-24(30)33-23-15-20(10-13-22(16)23)27-26(34)29-28-25(31)17(2)32-21-11-8-19(9-12-21)18-6-4-3-5-7-18/h3-15,17H,1-2H3,(H,28,31)(H2,27,29,34)/t17-/m0/s1. The van der Waals surface area contributed by atoms with Crippen LogP contribution in [0.15, 0.2) is 88.1 Å². The Hall–Kier alpha value is -4.17. The predicted octanol–water partition coefficient (Wildman–Crippen LogP) is 4.55. The summed E-state index contributed by atoms with van der Waals surface area (Å²) >= 11 is 5.24. The molecule has 0 fully saturated rings. The highest BCUT2D eigenvalue weighted by atomic mass is 32.1. The monoisotopic (exact) mass is 473 g/mol. The van der Waals surface area contributed by atoms with Gasteiger partial charge in [-0.3, -0.25) is 15.6 Å². The molecule has 4 aromatic rings. The van der Waals surface area contributed by atoms with E-state index in [2.05, 4.69) is 16.2 Å². The first-order valence-corrected chi connectivity index (χ1v) is 11.0. The molecule has 0 saturated carbocycles. The number of thiocarbonyl (C=S) groups is 1. The van der Waals surface area contributed by atoms with Gasteiger partial charge in [0, 0.05) is 23.2 Å². The van der Waals surface area contributed by atoms with Crippen molar-refractivity contribution in [3.63, 3.8) is 0 Å². The third-order valence-electron chi connectivity index (χ3n) is 5.15. The van der Waals surface area contributed by atoms with Crippen LogP contribution in [0.4, 0.5) is 5.69 Å². The first kappa shape index (κ1) is 23.0. The Morgan fingerprint density at radius 1 is 0.941 bits per heavy atom. The third kappa shape index (κ3) is 5.60. The molecular weight excluding hydrogens is 450 g/mol. The van der Waals surface area contributed by atoms with Gasteiger partial charge in [-0.25, -0.2) is 4.79 Å². The zero-order chi connectivity index (χ0) is 24.1. The fourth-order valence-corrected chi connectivity index (χ4v) is 3.57. The van der Waals surface area contributed by atoms with E-state index < -0.39 is 17.6 Å². The number of anilines is 1. The van der Waals surface area contributed by atoms with E-state index in [-0.39, 0.29) is 5.11 Å². The number of ether oxygens (including phenoxy) is 1. The van der Waals surface area contributed by atoms with Crippen LogP contribution in [0.3, 0.4) is 0 Å². The summed E-state index contributed by atoms with van der Waals surface area (Å²) < 4.78 is 11.0. The van der Waals surface area contributed by atoms with Crippen LogP contribution in [0, 0.1) is 6.92 Å². The number of hydrazine groups is 1. The maximum Gasteiger partial charge on any atom is 0.336 e. The van der Waals surface area contributed by atoms with E-state index in [9.17, 15) is 9.59 Å². The molecule has 1 aromatic heterocycles. The van der Waals surface area contributed by atoms with E-state index in [0.29, 0.717) is 17.0 Å². The van der Waals surface area contributed by atoms with Gasteiger partial charge in [0.05, 0.1) is 0 Å². The van der Waals surface area contributed by atoms with Crippen LogP contribution in [0.25, 0.3) is 22.1 Å². The lowest BCUT2D eigenvalue weighted by Crippen LogP contribution is -2.48. The minimum Gasteiger partial charge on any atom is -0.481 e. The summed E-state index contributed by atoms with van der Waals surface area (Å²) in [5.41, 5.74) is 8.80. The molecule has 0 radical (unpaired) electrons. The number of carbonyl (C=O) groups is 1. The van der Waals surface area contributed by atoms with Gasteiger partial charge in [0.15, 0.2) is 11.2 Å². The first-order chi connectivity index (χ1) is 16.4. The van der Waals surface area contributed by atoms with E-state index in [0.717, 1.165) is 22.1 Å². The summed E-state index contributed by atoms with van der Waals surface area (Å²) in [6.07, 6.45) is -0.754. The van der Waals surface area contributed by atoms with Gasteiger partial charge < -0.3 is 14.5 Å². The lowest BCUT2D eigenvalue weighted by Gasteiger charge is -2.17. The average molecular weight is 474 g/mol. The Kier molecular flexibility index (Phi) is 6.89. The molecule has 0 aliphatic carbocycles. The molecule has 1 amide bonds. The summed E-state index contributed by atoms with van der Waals surface area (Å²) in [6, 6.07) is 24.3. The Labute approximate surface area is 201 Å². The zero-order valence-electron chi connectivity index (χ0n) is 18.6.